The van der Waals surface area contributed by atoms with Gasteiger partial charge in [0.05, 0.1) is 0 Å². The predicted molar refractivity (Wildman–Crippen MR) is 128 cm³/mol. The van der Waals surface area contributed by atoms with Gasteiger partial charge in [0.15, 0.2) is 18.3 Å². The van der Waals surface area contributed by atoms with Gasteiger partial charge in [0.25, 0.3) is 5.91 Å². The van der Waals surface area contributed by atoms with E-state index in [-0.39, 0.29) is 5.92 Å². The number of fused-ring (bicyclic) bond motifs is 1. The van der Waals surface area contributed by atoms with E-state index >= 15 is 0 Å². The molecule has 2 aromatic rings. The highest BCUT2D eigenvalue weighted by molar-refractivity contribution is 6.35. The molecule has 0 aliphatic carbocycles. The standard InChI is InChI=1S/C22H26Cl2N2O11/c1-26-8-14(13-6-11(23)7-16(24)15(13)9-26)12-4-2-3-5-17(12)25-22(27)21(37-32)20(36-31)19(35-30)18(34-29)10-33-28/h2-7,14,18-21,28-32H,8-10H2,1H3,(H,25,27)/t14?,18-,19-,20+,21-/m1/s1. The maximum absolute atomic E-state index is 13.1. The molecule has 15 heteroatoms. The zero-order valence-corrected chi connectivity index (χ0v) is 20.9. The van der Waals surface area contributed by atoms with E-state index in [1.165, 1.54) is 0 Å². The van der Waals surface area contributed by atoms with Gasteiger partial charge in [0.2, 0.25) is 6.10 Å². The number of halogens is 2. The van der Waals surface area contributed by atoms with E-state index in [9.17, 15) is 20.6 Å². The van der Waals surface area contributed by atoms with Crippen LogP contribution in [0.3, 0.4) is 0 Å². The van der Waals surface area contributed by atoms with Crippen molar-refractivity contribution in [2.75, 3.05) is 25.5 Å². The summed E-state index contributed by atoms with van der Waals surface area (Å²) in [5.74, 6) is -1.30. The van der Waals surface area contributed by atoms with Crippen LogP contribution in [0.1, 0.15) is 22.6 Å². The van der Waals surface area contributed by atoms with Crippen LogP contribution in [-0.2, 0) is 35.8 Å². The molecule has 13 nitrogen and oxygen atoms in total. The van der Waals surface area contributed by atoms with Crippen LogP contribution in [0.4, 0.5) is 5.69 Å². The van der Waals surface area contributed by atoms with Crippen molar-refractivity contribution in [2.24, 2.45) is 0 Å². The molecule has 1 aliphatic heterocycles. The van der Waals surface area contributed by atoms with E-state index in [4.69, 9.17) is 33.7 Å². The van der Waals surface area contributed by atoms with Gasteiger partial charge in [0, 0.05) is 34.7 Å². The Balaban J connectivity index is 1.94. The SMILES string of the molecule is CN1Cc2c(Cl)cc(Cl)cc2C(c2ccccc2NC(=O)[C@H](OO)[C@@H](OO)[C@H](OO)[C@@H](COO)OO)C1. The fraction of sp³-hybridized carbons (Fsp3) is 0.409. The van der Waals surface area contributed by atoms with E-state index in [2.05, 4.69) is 34.7 Å². The summed E-state index contributed by atoms with van der Waals surface area (Å²) in [4.78, 5) is 35.6. The van der Waals surface area contributed by atoms with Crippen molar-refractivity contribution in [2.45, 2.75) is 36.9 Å². The maximum atomic E-state index is 13.1. The summed E-state index contributed by atoms with van der Waals surface area (Å²) in [5.41, 5.74) is 2.77. The van der Waals surface area contributed by atoms with Crippen LogP contribution in [0.2, 0.25) is 10.0 Å². The highest BCUT2D eigenvalue weighted by Crippen LogP contribution is 2.40. The van der Waals surface area contributed by atoms with Crippen LogP contribution in [-0.4, -0.2) is 81.7 Å². The van der Waals surface area contributed by atoms with Crippen LogP contribution < -0.4 is 5.32 Å². The molecule has 0 radical (unpaired) electrons. The first-order chi connectivity index (χ1) is 17.8. The normalized spacial score (nSPS) is 19.1. The molecule has 0 saturated heterocycles. The smallest absolute Gasteiger partial charge is 0.259 e. The van der Waals surface area contributed by atoms with E-state index < -0.39 is 36.9 Å². The lowest BCUT2D eigenvalue weighted by molar-refractivity contribution is -0.426. The van der Waals surface area contributed by atoms with Crippen LogP contribution in [0.5, 0.6) is 0 Å². The zero-order chi connectivity index (χ0) is 27.1. The Labute approximate surface area is 220 Å². The zero-order valence-electron chi connectivity index (χ0n) is 19.4. The third-order valence-electron chi connectivity index (χ3n) is 6.06. The molecular weight excluding hydrogens is 539 g/mol. The molecule has 1 amide bonds. The van der Waals surface area contributed by atoms with Gasteiger partial charge in [-0.2, -0.15) is 0 Å². The first kappa shape index (κ1) is 29.6. The minimum atomic E-state index is -2.03. The van der Waals surface area contributed by atoms with Crippen molar-refractivity contribution in [3.63, 3.8) is 0 Å². The molecular formula is C22H26Cl2N2O11. The second kappa shape index (κ2) is 13.7. The van der Waals surface area contributed by atoms with Gasteiger partial charge in [-0.3, -0.25) is 31.1 Å². The van der Waals surface area contributed by atoms with Crippen LogP contribution in [0.15, 0.2) is 36.4 Å². The van der Waals surface area contributed by atoms with Crippen molar-refractivity contribution in [1.29, 1.82) is 0 Å². The maximum Gasteiger partial charge on any atom is 0.259 e. The minimum absolute atomic E-state index is 0.262. The van der Waals surface area contributed by atoms with Crippen molar-refractivity contribution < 1.29 is 55.5 Å². The monoisotopic (exact) mass is 564 g/mol. The number of hydrogen-bond acceptors (Lipinski definition) is 12. The molecule has 1 aliphatic rings. The molecule has 0 saturated carbocycles. The van der Waals surface area contributed by atoms with Gasteiger partial charge < -0.3 is 10.2 Å². The van der Waals surface area contributed by atoms with Crippen molar-refractivity contribution in [3.8, 4) is 0 Å². The molecule has 2 aromatic carbocycles. The molecule has 1 heterocycles. The van der Waals surface area contributed by atoms with Crippen molar-refractivity contribution in [1.82, 2.24) is 4.90 Å². The van der Waals surface area contributed by atoms with Gasteiger partial charge in [-0.1, -0.05) is 41.4 Å². The van der Waals surface area contributed by atoms with Crippen LogP contribution in [0.25, 0.3) is 0 Å². The van der Waals surface area contributed by atoms with E-state index in [1.54, 1.807) is 30.3 Å². The van der Waals surface area contributed by atoms with Gasteiger partial charge in [-0.05, 0) is 41.9 Å². The highest BCUT2D eigenvalue weighted by Gasteiger charge is 2.44. The average molecular weight is 565 g/mol. The summed E-state index contributed by atoms with van der Waals surface area (Å²) in [6, 6.07) is 10.3. The molecule has 37 heavy (non-hydrogen) atoms. The summed E-state index contributed by atoms with van der Waals surface area (Å²) in [6.07, 6.45) is -7.58. The van der Waals surface area contributed by atoms with E-state index in [1.807, 2.05) is 13.1 Å². The molecule has 1 unspecified atom stereocenters. The number of carbonyl (C=O) groups excluding carboxylic acids is 1. The van der Waals surface area contributed by atoms with Gasteiger partial charge in [0.1, 0.15) is 6.61 Å². The Morgan fingerprint density at radius 3 is 2.35 bits per heavy atom. The number of carbonyl (C=O) groups is 1. The van der Waals surface area contributed by atoms with Crippen LogP contribution >= 0.6 is 23.2 Å². The van der Waals surface area contributed by atoms with Gasteiger partial charge in [-0.15, -0.1) is 0 Å². The largest absolute Gasteiger partial charge is 0.323 e. The Morgan fingerprint density at radius 2 is 1.73 bits per heavy atom. The van der Waals surface area contributed by atoms with Crippen molar-refractivity contribution >= 4 is 34.8 Å². The summed E-state index contributed by atoms with van der Waals surface area (Å²) in [7, 11) is 1.92. The Bertz CT molecular complexity index is 1060. The molecule has 6 N–H and O–H groups in total. The molecule has 204 valence electrons. The second-order valence-corrected chi connectivity index (χ2v) is 9.23. The Morgan fingerprint density at radius 1 is 1.03 bits per heavy atom. The lowest BCUT2D eigenvalue weighted by Crippen LogP contribution is -2.53. The number of anilines is 1. The van der Waals surface area contributed by atoms with E-state index in [0.717, 1.165) is 11.1 Å². The number of rotatable bonds is 12. The molecule has 0 bridgehead atoms. The summed E-state index contributed by atoms with van der Waals surface area (Å²) in [6.45, 7) is 0.375. The number of amides is 1. The Kier molecular flexibility index (Phi) is 11.0. The number of nitrogens with zero attached hydrogens (tertiary/aromatic N) is 1. The molecule has 3 rings (SSSR count). The van der Waals surface area contributed by atoms with Gasteiger partial charge in [-0.25, -0.2) is 24.4 Å². The van der Waals surface area contributed by atoms with E-state index in [0.29, 0.717) is 34.4 Å². The summed E-state index contributed by atoms with van der Waals surface area (Å²) in [5, 5.41) is 49.3. The fourth-order valence-electron chi connectivity index (χ4n) is 4.37. The fourth-order valence-corrected chi connectivity index (χ4v) is 4.94. The lowest BCUT2D eigenvalue weighted by atomic mass is 9.84. The van der Waals surface area contributed by atoms with Gasteiger partial charge >= 0.3 is 0 Å². The molecule has 5 atom stereocenters. The predicted octanol–water partition coefficient (Wildman–Crippen LogP) is 3.43. The molecule has 0 aromatic heterocycles. The summed E-state index contributed by atoms with van der Waals surface area (Å²) < 4.78 is 0. The topological polar surface area (TPSA) is 180 Å². The second-order valence-electron chi connectivity index (χ2n) is 8.39. The average Bonchev–Trinajstić information content (AvgIpc) is 2.88. The number of para-hydroxylation sites is 1. The quantitative estimate of drug-likeness (QED) is 0.163. The number of likely N-dealkylation sites (N-methyl/N-ethyl adjacent to an activating group) is 1. The number of benzene rings is 2. The number of nitrogens with one attached hydrogen (secondary N) is 1. The van der Waals surface area contributed by atoms with Crippen LogP contribution in [0, 0.1) is 0 Å². The molecule has 0 fully saturated rings. The third kappa shape index (κ3) is 6.74. The third-order valence-corrected chi connectivity index (χ3v) is 6.62. The first-order valence-corrected chi connectivity index (χ1v) is 11.6. The summed E-state index contributed by atoms with van der Waals surface area (Å²) >= 11 is 12.7. The number of hydrogen-bond donors (Lipinski definition) is 6. The first-order valence-electron chi connectivity index (χ1n) is 10.8. The Hall–Kier alpha value is -1.95. The molecule has 0 spiro atoms. The minimum Gasteiger partial charge on any atom is -0.323 e. The van der Waals surface area contributed by atoms with Crippen molar-refractivity contribution in [3.05, 3.63) is 63.1 Å². The lowest BCUT2D eigenvalue weighted by Gasteiger charge is -2.34. The highest BCUT2D eigenvalue weighted by atomic mass is 35.5.